The van der Waals surface area contributed by atoms with Gasteiger partial charge in [0.15, 0.2) is 9.84 Å². The standard InChI is InChI=1S/C17H20N4O2S/c22-24(23)9-7-14(11-24)20-16-10-17(19-12-18-16)21-8-3-5-13-4-1-2-6-15(13)21/h1-2,4,6,10,12,14H,3,5,7-9,11H2,(H,18,19,20). The Morgan fingerprint density at radius 2 is 2.08 bits per heavy atom. The maximum Gasteiger partial charge on any atom is 0.152 e. The fourth-order valence-corrected chi connectivity index (χ4v) is 5.14. The molecule has 2 aromatic rings. The minimum Gasteiger partial charge on any atom is -0.366 e. The number of fused-ring (bicyclic) bond motifs is 1. The molecule has 0 radical (unpaired) electrons. The fraction of sp³-hybridized carbons (Fsp3) is 0.412. The number of hydrogen-bond acceptors (Lipinski definition) is 6. The number of hydrogen-bond donors (Lipinski definition) is 1. The molecule has 1 N–H and O–H groups in total. The first-order valence-electron chi connectivity index (χ1n) is 8.25. The minimum absolute atomic E-state index is 0.0635. The molecule has 0 aliphatic carbocycles. The van der Waals surface area contributed by atoms with Gasteiger partial charge in [-0.05, 0) is 30.9 Å². The van der Waals surface area contributed by atoms with E-state index in [0.717, 1.165) is 25.2 Å². The van der Waals surface area contributed by atoms with Crippen LogP contribution in [0.1, 0.15) is 18.4 Å². The van der Waals surface area contributed by atoms with Gasteiger partial charge in [0.05, 0.1) is 11.5 Å². The van der Waals surface area contributed by atoms with Gasteiger partial charge in [-0.15, -0.1) is 0 Å². The molecule has 3 heterocycles. The summed E-state index contributed by atoms with van der Waals surface area (Å²) >= 11 is 0. The third-order valence-corrected chi connectivity index (χ3v) is 6.39. The van der Waals surface area contributed by atoms with Crippen molar-refractivity contribution in [3.63, 3.8) is 0 Å². The highest BCUT2D eigenvalue weighted by Crippen LogP contribution is 2.32. The molecule has 1 saturated heterocycles. The number of aryl methyl sites for hydroxylation is 1. The lowest BCUT2D eigenvalue weighted by Gasteiger charge is -2.30. The maximum atomic E-state index is 11.6. The molecule has 126 valence electrons. The molecule has 0 amide bonds. The summed E-state index contributed by atoms with van der Waals surface area (Å²) in [5, 5.41) is 3.24. The van der Waals surface area contributed by atoms with Crippen molar-refractivity contribution < 1.29 is 8.42 Å². The second-order valence-electron chi connectivity index (χ2n) is 6.39. The third kappa shape index (κ3) is 3.08. The fourth-order valence-electron chi connectivity index (χ4n) is 3.46. The number of para-hydroxylation sites is 1. The van der Waals surface area contributed by atoms with Gasteiger partial charge < -0.3 is 10.2 Å². The van der Waals surface area contributed by atoms with Crippen LogP contribution in [0, 0.1) is 0 Å². The maximum absolute atomic E-state index is 11.6. The van der Waals surface area contributed by atoms with Crippen LogP contribution in [-0.2, 0) is 16.3 Å². The second kappa shape index (κ2) is 6.05. The smallest absolute Gasteiger partial charge is 0.152 e. The van der Waals surface area contributed by atoms with Gasteiger partial charge in [0, 0.05) is 24.3 Å². The van der Waals surface area contributed by atoms with Gasteiger partial charge in [0.1, 0.15) is 18.0 Å². The summed E-state index contributed by atoms with van der Waals surface area (Å²) in [5.74, 6) is 1.96. The number of aromatic nitrogens is 2. The Morgan fingerprint density at radius 3 is 2.92 bits per heavy atom. The molecule has 7 heteroatoms. The van der Waals surface area contributed by atoms with Gasteiger partial charge in [-0.25, -0.2) is 18.4 Å². The highest BCUT2D eigenvalue weighted by molar-refractivity contribution is 7.91. The summed E-state index contributed by atoms with van der Waals surface area (Å²) in [6.07, 6.45) is 4.35. The molecular formula is C17H20N4O2S. The zero-order chi connectivity index (χ0) is 16.6. The Balaban J connectivity index is 1.58. The van der Waals surface area contributed by atoms with Crippen LogP contribution >= 0.6 is 0 Å². The molecule has 1 aromatic heterocycles. The topological polar surface area (TPSA) is 75.2 Å². The van der Waals surface area contributed by atoms with Gasteiger partial charge in [-0.1, -0.05) is 18.2 Å². The van der Waals surface area contributed by atoms with E-state index in [4.69, 9.17) is 0 Å². The molecule has 1 aromatic carbocycles. The van der Waals surface area contributed by atoms with Crippen LogP contribution < -0.4 is 10.2 Å². The first kappa shape index (κ1) is 15.4. The molecule has 1 atom stereocenters. The Kier molecular flexibility index (Phi) is 3.88. The quantitative estimate of drug-likeness (QED) is 0.920. The highest BCUT2D eigenvalue weighted by Gasteiger charge is 2.28. The molecule has 4 rings (SSSR count). The van der Waals surface area contributed by atoms with Crippen LogP contribution in [0.25, 0.3) is 0 Å². The van der Waals surface area contributed by atoms with E-state index in [2.05, 4.69) is 38.4 Å². The molecule has 6 nitrogen and oxygen atoms in total. The lowest BCUT2D eigenvalue weighted by molar-refractivity contribution is 0.602. The molecule has 0 bridgehead atoms. The first-order valence-corrected chi connectivity index (χ1v) is 10.1. The SMILES string of the molecule is O=S1(=O)CCC(Nc2cc(N3CCCc4ccccc43)ncn2)C1. The average molecular weight is 344 g/mol. The number of nitrogens with one attached hydrogen (secondary N) is 1. The molecule has 0 saturated carbocycles. The van der Waals surface area contributed by atoms with Crippen molar-refractivity contribution in [3.05, 3.63) is 42.2 Å². The first-order chi connectivity index (χ1) is 11.6. The minimum atomic E-state index is -2.90. The van der Waals surface area contributed by atoms with E-state index in [0.29, 0.717) is 12.2 Å². The van der Waals surface area contributed by atoms with Crippen molar-refractivity contribution in [2.24, 2.45) is 0 Å². The van der Waals surface area contributed by atoms with Crippen molar-refractivity contribution >= 4 is 27.2 Å². The Morgan fingerprint density at radius 1 is 1.21 bits per heavy atom. The summed E-state index contributed by atoms with van der Waals surface area (Å²) in [5.41, 5.74) is 2.52. The lowest BCUT2D eigenvalue weighted by Crippen LogP contribution is -2.26. The van der Waals surface area contributed by atoms with Crippen molar-refractivity contribution in [1.29, 1.82) is 0 Å². The molecule has 24 heavy (non-hydrogen) atoms. The Labute approximate surface area is 141 Å². The van der Waals surface area contributed by atoms with E-state index in [-0.39, 0.29) is 17.5 Å². The largest absolute Gasteiger partial charge is 0.366 e. The van der Waals surface area contributed by atoms with E-state index in [1.807, 2.05) is 12.1 Å². The predicted octanol–water partition coefficient (Wildman–Crippen LogP) is 2.16. The van der Waals surface area contributed by atoms with E-state index < -0.39 is 9.84 Å². The molecule has 2 aliphatic rings. The van der Waals surface area contributed by atoms with Crippen molar-refractivity contribution in [2.75, 3.05) is 28.3 Å². The molecule has 1 fully saturated rings. The number of benzene rings is 1. The molecular weight excluding hydrogens is 324 g/mol. The van der Waals surface area contributed by atoms with E-state index in [1.54, 1.807) is 6.33 Å². The van der Waals surface area contributed by atoms with Crippen LogP contribution in [-0.4, -0.2) is 42.5 Å². The molecule has 1 unspecified atom stereocenters. The summed E-state index contributed by atoms with van der Waals surface area (Å²) < 4.78 is 23.2. The lowest BCUT2D eigenvalue weighted by atomic mass is 10.0. The van der Waals surface area contributed by atoms with Gasteiger partial charge in [0.25, 0.3) is 0 Å². The van der Waals surface area contributed by atoms with Crippen molar-refractivity contribution in [2.45, 2.75) is 25.3 Å². The van der Waals surface area contributed by atoms with Crippen LogP contribution in [0.2, 0.25) is 0 Å². The summed E-state index contributed by atoms with van der Waals surface area (Å²) in [6, 6.07) is 10.2. The molecule has 0 spiro atoms. The second-order valence-corrected chi connectivity index (χ2v) is 8.62. The summed E-state index contributed by atoms with van der Waals surface area (Å²) in [6.45, 7) is 0.922. The van der Waals surface area contributed by atoms with Gasteiger partial charge >= 0.3 is 0 Å². The third-order valence-electron chi connectivity index (χ3n) is 4.62. The van der Waals surface area contributed by atoms with Crippen LogP contribution in [0.4, 0.5) is 17.3 Å². The molecule has 2 aliphatic heterocycles. The number of nitrogens with zero attached hydrogens (tertiary/aromatic N) is 3. The Bertz CT molecular complexity index is 853. The van der Waals surface area contributed by atoms with Crippen LogP contribution in [0.15, 0.2) is 36.7 Å². The van der Waals surface area contributed by atoms with Crippen LogP contribution in [0.5, 0.6) is 0 Å². The highest BCUT2D eigenvalue weighted by atomic mass is 32.2. The van der Waals surface area contributed by atoms with Gasteiger partial charge in [-0.3, -0.25) is 0 Å². The average Bonchev–Trinajstić information content (AvgIpc) is 2.93. The summed E-state index contributed by atoms with van der Waals surface area (Å²) in [4.78, 5) is 10.9. The predicted molar refractivity (Wildman–Crippen MR) is 94.5 cm³/mol. The monoisotopic (exact) mass is 344 g/mol. The van der Waals surface area contributed by atoms with E-state index in [9.17, 15) is 8.42 Å². The number of sulfone groups is 1. The van der Waals surface area contributed by atoms with Crippen molar-refractivity contribution in [3.8, 4) is 0 Å². The zero-order valence-corrected chi connectivity index (χ0v) is 14.2. The van der Waals surface area contributed by atoms with Crippen LogP contribution in [0.3, 0.4) is 0 Å². The normalized spacial score (nSPS) is 22.2. The van der Waals surface area contributed by atoms with Gasteiger partial charge in [-0.2, -0.15) is 0 Å². The van der Waals surface area contributed by atoms with E-state index in [1.165, 1.54) is 11.3 Å². The van der Waals surface area contributed by atoms with Crippen molar-refractivity contribution in [1.82, 2.24) is 9.97 Å². The number of anilines is 3. The van der Waals surface area contributed by atoms with E-state index >= 15 is 0 Å². The Hall–Kier alpha value is -2.15. The zero-order valence-electron chi connectivity index (χ0n) is 13.4. The summed E-state index contributed by atoms with van der Waals surface area (Å²) in [7, 11) is -2.90. The van der Waals surface area contributed by atoms with Gasteiger partial charge in [0.2, 0.25) is 0 Å². The number of rotatable bonds is 3.